The summed E-state index contributed by atoms with van der Waals surface area (Å²) in [6.07, 6.45) is 1.32. The zero-order valence-corrected chi connectivity index (χ0v) is 11.9. The molecular weight excluding hydrogens is 296 g/mol. The monoisotopic (exact) mass is 308 g/mol. The topological polar surface area (TPSA) is 94.6 Å². The van der Waals surface area contributed by atoms with Crippen molar-refractivity contribution in [2.45, 2.75) is 6.54 Å². The Hall–Kier alpha value is -2.47. The number of furan rings is 1. The number of methoxy groups -OCH3 is 1. The zero-order chi connectivity index (χ0) is 15.4. The van der Waals surface area contributed by atoms with E-state index in [4.69, 9.17) is 21.8 Å². The number of benzene rings is 1. The fourth-order valence-electron chi connectivity index (χ4n) is 1.71. The van der Waals surface area contributed by atoms with Crippen molar-refractivity contribution in [2.24, 2.45) is 5.73 Å². The Morgan fingerprint density at radius 1 is 1.38 bits per heavy atom. The molecule has 0 bridgehead atoms. The molecule has 0 fully saturated rings. The van der Waals surface area contributed by atoms with Crippen LogP contribution < -0.4 is 11.1 Å². The number of hydrogen-bond acceptors (Lipinski definition) is 5. The molecule has 2 rings (SSSR count). The van der Waals surface area contributed by atoms with E-state index in [0.717, 1.165) is 0 Å². The highest BCUT2D eigenvalue weighted by atomic mass is 35.5. The van der Waals surface area contributed by atoms with E-state index in [1.54, 1.807) is 24.3 Å². The average molecular weight is 309 g/mol. The van der Waals surface area contributed by atoms with Crippen LogP contribution in [0.25, 0.3) is 0 Å². The second kappa shape index (κ2) is 6.32. The maximum atomic E-state index is 11.3. The van der Waals surface area contributed by atoms with Gasteiger partial charge in [0, 0.05) is 5.69 Å². The lowest BCUT2D eigenvalue weighted by atomic mass is 10.2. The quantitative estimate of drug-likeness (QED) is 0.827. The van der Waals surface area contributed by atoms with E-state index in [-0.39, 0.29) is 5.56 Å². The average Bonchev–Trinajstić information content (AvgIpc) is 2.94. The number of nitrogens with one attached hydrogen (secondary N) is 1. The number of carbonyl (C=O) groups excluding carboxylic acids is 2. The molecule has 21 heavy (non-hydrogen) atoms. The number of nitrogens with two attached hydrogens (primary N) is 1. The van der Waals surface area contributed by atoms with Gasteiger partial charge in [-0.15, -0.1) is 0 Å². The van der Waals surface area contributed by atoms with Gasteiger partial charge in [0.15, 0.2) is 0 Å². The maximum Gasteiger partial charge on any atom is 0.341 e. The highest BCUT2D eigenvalue weighted by Crippen LogP contribution is 2.21. The number of carbonyl (C=O) groups is 2. The summed E-state index contributed by atoms with van der Waals surface area (Å²) in [7, 11) is 1.30. The van der Waals surface area contributed by atoms with Gasteiger partial charge in [0.2, 0.25) is 5.91 Å². The number of hydrogen-bond donors (Lipinski definition) is 2. The minimum atomic E-state index is -0.602. The van der Waals surface area contributed by atoms with Gasteiger partial charge in [0.1, 0.15) is 12.0 Å². The summed E-state index contributed by atoms with van der Waals surface area (Å²) >= 11 is 5.86. The van der Waals surface area contributed by atoms with Crippen molar-refractivity contribution in [3.8, 4) is 0 Å². The van der Waals surface area contributed by atoms with Crippen LogP contribution in [0.5, 0.6) is 0 Å². The number of anilines is 1. The van der Waals surface area contributed by atoms with E-state index in [2.05, 4.69) is 10.1 Å². The Balaban J connectivity index is 2.06. The number of ether oxygens (including phenoxy) is 1. The van der Waals surface area contributed by atoms with Crippen LogP contribution in [-0.4, -0.2) is 19.0 Å². The van der Waals surface area contributed by atoms with Crippen LogP contribution in [-0.2, 0) is 11.3 Å². The van der Waals surface area contributed by atoms with Gasteiger partial charge >= 0.3 is 5.97 Å². The third-order valence-electron chi connectivity index (χ3n) is 2.77. The molecule has 0 saturated heterocycles. The third-order valence-corrected chi connectivity index (χ3v) is 3.10. The predicted molar refractivity (Wildman–Crippen MR) is 77.3 cm³/mol. The maximum absolute atomic E-state index is 11.3. The standard InChI is InChI=1S/C14H13ClN2O4/c1-20-14(19)8-4-10(21-7-8)6-17-9-2-3-12(15)11(5-9)13(16)18/h2-5,7,17H,6H2,1H3,(H2,16,18). The molecule has 6 nitrogen and oxygen atoms in total. The normalized spacial score (nSPS) is 10.2. The van der Waals surface area contributed by atoms with Crippen molar-refractivity contribution in [1.82, 2.24) is 0 Å². The van der Waals surface area contributed by atoms with Crippen molar-refractivity contribution in [3.05, 3.63) is 52.4 Å². The number of esters is 1. The molecule has 0 aliphatic heterocycles. The van der Waals surface area contributed by atoms with Crippen LogP contribution in [0, 0.1) is 0 Å². The molecule has 0 aliphatic rings. The zero-order valence-electron chi connectivity index (χ0n) is 11.2. The van der Waals surface area contributed by atoms with Gasteiger partial charge in [-0.05, 0) is 24.3 Å². The highest BCUT2D eigenvalue weighted by Gasteiger charge is 2.11. The van der Waals surface area contributed by atoms with Gasteiger partial charge in [0.25, 0.3) is 0 Å². The fraction of sp³-hybridized carbons (Fsp3) is 0.143. The highest BCUT2D eigenvalue weighted by molar-refractivity contribution is 6.33. The van der Waals surface area contributed by atoms with Gasteiger partial charge < -0.3 is 20.2 Å². The van der Waals surface area contributed by atoms with Crippen LogP contribution in [0.1, 0.15) is 26.5 Å². The van der Waals surface area contributed by atoms with E-state index in [0.29, 0.717) is 28.6 Å². The molecule has 0 radical (unpaired) electrons. The van der Waals surface area contributed by atoms with Crippen LogP contribution in [0.3, 0.4) is 0 Å². The van der Waals surface area contributed by atoms with Gasteiger partial charge in [0.05, 0.1) is 29.8 Å². The van der Waals surface area contributed by atoms with E-state index < -0.39 is 11.9 Å². The molecule has 0 spiro atoms. The molecule has 0 unspecified atom stereocenters. The second-order valence-electron chi connectivity index (χ2n) is 4.21. The Morgan fingerprint density at radius 2 is 2.14 bits per heavy atom. The summed E-state index contributed by atoms with van der Waals surface area (Å²) < 4.78 is 9.81. The first kappa shape index (κ1) is 14.9. The third kappa shape index (κ3) is 3.55. The largest absolute Gasteiger partial charge is 0.467 e. The SMILES string of the molecule is COC(=O)c1coc(CNc2ccc(Cl)c(C(N)=O)c2)c1. The van der Waals surface area contributed by atoms with E-state index in [9.17, 15) is 9.59 Å². The molecular formula is C14H13ClN2O4. The first-order valence-corrected chi connectivity index (χ1v) is 6.38. The Kier molecular flexibility index (Phi) is 4.49. The number of amides is 1. The molecule has 1 aromatic heterocycles. The second-order valence-corrected chi connectivity index (χ2v) is 4.61. The lowest BCUT2D eigenvalue weighted by Gasteiger charge is -2.07. The Morgan fingerprint density at radius 3 is 2.81 bits per heavy atom. The lowest BCUT2D eigenvalue weighted by Crippen LogP contribution is -2.12. The minimum absolute atomic E-state index is 0.233. The fourth-order valence-corrected chi connectivity index (χ4v) is 1.92. The van der Waals surface area contributed by atoms with Crippen molar-refractivity contribution in [2.75, 3.05) is 12.4 Å². The molecule has 1 heterocycles. The van der Waals surface area contributed by atoms with Crippen molar-refractivity contribution >= 4 is 29.2 Å². The van der Waals surface area contributed by atoms with Crippen molar-refractivity contribution < 1.29 is 18.7 Å². The summed E-state index contributed by atoms with van der Waals surface area (Å²) in [5.41, 5.74) is 6.45. The van der Waals surface area contributed by atoms with E-state index in [1.165, 1.54) is 13.4 Å². The van der Waals surface area contributed by atoms with Crippen molar-refractivity contribution in [1.29, 1.82) is 0 Å². The van der Waals surface area contributed by atoms with E-state index >= 15 is 0 Å². The summed E-state index contributed by atoms with van der Waals surface area (Å²) in [5, 5.41) is 3.33. The number of primary amides is 1. The molecule has 1 amide bonds. The molecule has 0 atom stereocenters. The molecule has 0 saturated carbocycles. The molecule has 110 valence electrons. The molecule has 0 aliphatic carbocycles. The number of rotatable bonds is 5. The molecule has 7 heteroatoms. The van der Waals surface area contributed by atoms with Gasteiger partial charge in [-0.1, -0.05) is 11.6 Å². The van der Waals surface area contributed by atoms with Crippen LogP contribution in [0.4, 0.5) is 5.69 Å². The minimum Gasteiger partial charge on any atom is -0.467 e. The Labute approximate surface area is 125 Å². The molecule has 2 aromatic rings. The van der Waals surface area contributed by atoms with Crippen LogP contribution in [0.15, 0.2) is 34.9 Å². The summed E-state index contributed by atoms with van der Waals surface area (Å²) in [6, 6.07) is 6.41. The summed E-state index contributed by atoms with van der Waals surface area (Å²) in [4.78, 5) is 22.5. The van der Waals surface area contributed by atoms with Gasteiger partial charge in [-0.3, -0.25) is 4.79 Å². The first-order chi connectivity index (χ1) is 10.0. The predicted octanol–water partition coefficient (Wildman–Crippen LogP) is 2.43. The first-order valence-electron chi connectivity index (χ1n) is 6.00. The molecule has 3 N–H and O–H groups in total. The van der Waals surface area contributed by atoms with E-state index in [1.807, 2.05) is 0 Å². The van der Waals surface area contributed by atoms with Crippen molar-refractivity contribution in [3.63, 3.8) is 0 Å². The summed E-state index contributed by atoms with van der Waals surface area (Å²) in [6.45, 7) is 0.330. The van der Waals surface area contributed by atoms with Gasteiger partial charge in [-0.2, -0.15) is 0 Å². The van der Waals surface area contributed by atoms with Crippen LogP contribution >= 0.6 is 11.6 Å². The van der Waals surface area contributed by atoms with Crippen LogP contribution in [0.2, 0.25) is 5.02 Å². The summed E-state index contributed by atoms with van der Waals surface area (Å²) in [5.74, 6) is -0.520. The molecule has 1 aromatic carbocycles. The smallest absolute Gasteiger partial charge is 0.341 e. The Bertz CT molecular complexity index is 681. The number of halogens is 1. The lowest BCUT2D eigenvalue weighted by molar-refractivity contribution is 0.0600. The van der Waals surface area contributed by atoms with Gasteiger partial charge in [-0.25, -0.2) is 4.79 Å².